The third-order valence-corrected chi connectivity index (χ3v) is 5.07. The summed E-state index contributed by atoms with van der Waals surface area (Å²) in [5.41, 5.74) is -0.0767. The van der Waals surface area contributed by atoms with Gasteiger partial charge in [0.05, 0.1) is 31.8 Å². The number of nitrogens with zero attached hydrogens (tertiary/aromatic N) is 3. The first-order chi connectivity index (χ1) is 17.2. The summed E-state index contributed by atoms with van der Waals surface area (Å²) >= 11 is 0. The number of rotatable bonds is 11. The Morgan fingerprint density at radius 1 is 1.11 bits per heavy atom. The molecule has 0 radical (unpaired) electrons. The van der Waals surface area contributed by atoms with Crippen LogP contribution in [0.5, 0.6) is 0 Å². The van der Waals surface area contributed by atoms with Crippen molar-refractivity contribution in [3.8, 4) is 0 Å². The number of anilines is 1. The van der Waals surface area contributed by atoms with Crippen LogP contribution in [0.15, 0.2) is 23.0 Å². The molecule has 0 saturated carbocycles. The van der Waals surface area contributed by atoms with Crippen LogP contribution in [-0.2, 0) is 23.8 Å². The number of nitrogens with one attached hydrogen (secondary N) is 3. The maximum absolute atomic E-state index is 13.1. The summed E-state index contributed by atoms with van der Waals surface area (Å²) in [6.45, 7) is 7.53. The largest absolute Gasteiger partial charge is 0.444 e. The average molecular weight is 505 g/mol. The molecule has 0 spiro atoms. The van der Waals surface area contributed by atoms with Crippen LogP contribution in [0, 0.1) is 0 Å². The molecular weight excluding hydrogens is 472 g/mol. The maximum Gasteiger partial charge on any atom is 0.407 e. The fraction of sp³-hybridized carbons (Fsp3) is 0.565. The van der Waals surface area contributed by atoms with Crippen molar-refractivity contribution < 1.29 is 28.6 Å². The lowest BCUT2D eigenvalue weighted by molar-refractivity contribution is -0.136. The van der Waals surface area contributed by atoms with Gasteiger partial charge in [-0.25, -0.2) is 4.79 Å². The number of carbonyl (C=O) groups excluding carboxylic acids is 3. The standard InChI is InChI=1S/C23H32N6O7/c1-23(2,3)36-22(33)25-10-12-35-14-13-34-11-9-24-15-5-4-6-16-19(15)21(32)29(28-27-16)17-7-8-18(30)26-20(17)31/h4-6,17,24H,7-14H2,1-3H3,(H,25,33)(H,26,30,31). The minimum absolute atomic E-state index is 0.129. The molecule has 3 amide bonds. The Morgan fingerprint density at radius 2 is 1.83 bits per heavy atom. The van der Waals surface area contributed by atoms with E-state index in [-0.39, 0.29) is 18.7 Å². The zero-order valence-corrected chi connectivity index (χ0v) is 20.7. The monoisotopic (exact) mass is 504 g/mol. The first-order valence-corrected chi connectivity index (χ1v) is 11.7. The van der Waals surface area contributed by atoms with Gasteiger partial charge in [0.15, 0.2) is 0 Å². The smallest absolute Gasteiger partial charge is 0.407 e. The molecule has 1 unspecified atom stereocenters. The molecule has 3 N–H and O–H groups in total. The number of amides is 3. The van der Waals surface area contributed by atoms with E-state index in [1.807, 2.05) is 0 Å². The fourth-order valence-electron chi connectivity index (χ4n) is 3.49. The number of alkyl carbamates (subject to hydrolysis) is 1. The second kappa shape index (κ2) is 12.4. The summed E-state index contributed by atoms with van der Waals surface area (Å²) in [6.07, 6.45) is -0.173. The number of aromatic nitrogens is 3. The second-order valence-electron chi connectivity index (χ2n) is 9.09. The Kier molecular flexibility index (Phi) is 9.31. The van der Waals surface area contributed by atoms with Gasteiger partial charge >= 0.3 is 6.09 Å². The highest BCUT2D eigenvalue weighted by atomic mass is 16.6. The van der Waals surface area contributed by atoms with E-state index in [4.69, 9.17) is 14.2 Å². The van der Waals surface area contributed by atoms with Gasteiger partial charge in [-0.15, -0.1) is 5.10 Å². The molecule has 1 aromatic heterocycles. The SMILES string of the molecule is CC(C)(C)OC(=O)NCCOCCOCCNc1cccc2nnn(C3CCC(=O)NC3=O)c(=O)c12. The highest BCUT2D eigenvalue weighted by Gasteiger charge is 2.30. The van der Waals surface area contributed by atoms with Crippen LogP contribution in [0.25, 0.3) is 10.9 Å². The van der Waals surface area contributed by atoms with E-state index in [2.05, 4.69) is 26.3 Å². The van der Waals surface area contributed by atoms with Gasteiger partial charge < -0.3 is 24.8 Å². The van der Waals surface area contributed by atoms with Crippen molar-refractivity contribution in [3.63, 3.8) is 0 Å². The number of carbonyl (C=O) groups is 3. The van der Waals surface area contributed by atoms with Gasteiger partial charge in [-0.1, -0.05) is 11.3 Å². The number of piperidine rings is 1. The topological polar surface area (TPSA) is 163 Å². The van der Waals surface area contributed by atoms with Crippen LogP contribution < -0.4 is 21.5 Å². The van der Waals surface area contributed by atoms with Crippen molar-refractivity contribution in [3.05, 3.63) is 28.6 Å². The Morgan fingerprint density at radius 3 is 2.53 bits per heavy atom. The number of fused-ring (bicyclic) bond motifs is 1. The van der Waals surface area contributed by atoms with Gasteiger partial charge in [-0.3, -0.25) is 19.7 Å². The van der Waals surface area contributed by atoms with Crippen LogP contribution >= 0.6 is 0 Å². The zero-order chi connectivity index (χ0) is 26.1. The number of ether oxygens (including phenoxy) is 3. The summed E-state index contributed by atoms with van der Waals surface area (Å²) in [5, 5.41) is 16.3. The van der Waals surface area contributed by atoms with E-state index in [0.717, 1.165) is 4.68 Å². The molecule has 1 fully saturated rings. The molecule has 1 aliphatic heterocycles. The molecule has 3 rings (SSSR count). The van der Waals surface area contributed by atoms with Crippen molar-refractivity contribution in [1.29, 1.82) is 0 Å². The van der Waals surface area contributed by atoms with Crippen molar-refractivity contribution >= 4 is 34.5 Å². The molecule has 13 nitrogen and oxygen atoms in total. The number of hydrogen-bond donors (Lipinski definition) is 3. The van der Waals surface area contributed by atoms with Gasteiger partial charge in [-0.05, 0) is 39.3 Å². The highest BCUT2D eigenvalue weighted by Crippen LogP contribution is 2.20. The van der Waals surface area contributed by atoms with Crippen LogP contribution in [0.4, 0.5) is 10.5 Å². The molecule has 0 aliphatic carbocycles. The van der Waals surface area contributed by atoms with Crippen LogP contribution in [0.2, 0.25) is 0 Å². The first kappa shape index (κ1) is 27.0. The minimum Gasteiger partial charge on any atom is -0.444 e. The van der Waals surface area contributed by atoms with E-state index < -0.39 is 29.2 Å². The third kappa shape index (κ3) is 7.71. The van der Waals surface area contributed by atoms with E-state index >= 15 is 0 Å². The summed E-state index contributed by atoms with van der Waals surface area (Å²) in [5.74, 6) is -0.938. The fourth-order valence-corrected chi connectivity index (χ4v) is 3.49. The van der Waals surface area contributed by atoms with Crippen LogP contribution in [-0.4, -0.2) is 78.0 Å². The van der Waals surface area contributed by atoms with Crippen LogP contribution in [0.1, 0.15) is 39.7 Å². The predicted octanol–water partition coefficient (Wildman–Crippen LogP) is 0.739. The summed E-state index contributed by atoms with van der Waals surface area (Å²) in [6, 6.07) is 4.26. The minimum atomic E-state index is -0.886. The third-order valence-electron chi connectivity index (χ3n) is 5.07. The number of imide groups is 1. The van der Waals surface area contributed by atoms with Crippen molar-refractivity contribution in [2.75, 3.05) is 44.8 Å². The lowest BCUT2D eigenvalue weighted by Crippen LogP contribution is -2.45. The van der Waals surface area contributed by atoms with Crippen LogP contribution in [0.3, 0.4) is 0 Å². The molecule has 13 heteroatoms. The second-order valence-corrected chi connectivity index (χ2v) is 9.09. The van der Waals surface area contributed by atoms with Crippen molar-refractivity contribution in [2.24, 2.45) is 0 Å². The molecule has 1 aromatic carbocycles. The lowest BCUT2D eigenvalue weighted by Gasteiger charge is -2.21. The van der Waals surface area contributed by atoms with E-state index in [0.29, 0.717) is 56.1 Å². The van der Waals surface area contributed by atoms with Gasteiger partial charge in [0.25, 0.3) is 11.5 Å². The normalized spacial score (nSPS) is 16.0. The number of benzene rings is 1. The van der Waals surface area contributed by atoms with Gasteiger partial charge in [0, 0.05) is 25.2 Å². The van der Waals surface area contributed by atoms with Gasteiger partial charge in [0.2, 0.25) is 5.91 Å². The Balaban J connectivity index is 1.42. The molecule has 196 valence electrons. The van der Waals surface area contributed by atoms with E-state index in [1.54, 1.807) is 39.0 Å². The maximum atomic E-state index is 13.1. The zero-order valence-electron chi connectivity index (χ0n) is 20.7. The Bertz CT molecular complexity index is 1140. The Hall–Kier alpha value is -3.58. The van der Waals surface area contributed by atoms with Crippen molar-refractivity contribution in [2.45, 2.75) is 45.3 Å². The van der Waals surface area contributed by atoms with Gasteiger partial charge in [0.1, 0.15) is 17.2 Å². The number of hydrogen-bond acceptors (Lipinski definition) is 10. The average Bonchev–Trinajstić information content (AvgIpc) is 2.80. The molecular formula is C23H32N6O7. The summed E-state index contributed by atoms with van der Waals surface area (Å²) in [7, 11) is 0. The highest BCUT2D eigenvalue weighted by molar-refractivity contribution is 5.99. The molecule has 2 aromatic rings. The van der Waals surface area contributed by atoms with E-state index in [1.165, 1.54) is 0 Å². The lowest BCUT2D eigenvalue weighted by atomic mass is 10.1. The quantitative estimate of drug-likeness (QED) is 0.294. The Labute approximate surface area is 207 Å². The summed E-state index contributed by atoms with van der Waals surface area (Å²) in [4.78, 5) is 48.3. The van der Waals surface area contributed by atoms with E-state index in [9.17, 15) is 19.2 Å². The first-order valence-electron chi connectivity index (χ1n) is 11.7. The molecule has 2 heterocycles. The summed E-state index contributed by atoms with van der Waals surface area (Å²) < 4.78 is 17.1. The molecule has 1 atom stereocenters. The predicted molar refractivity (Wildman–Crippen MR) is 130 cm³/mol. The molecule has 0 bridgehead atoms. The molecule has 36 heavy (non-hydrogen) atoms. The van der Waals surface area contributed by atoms with Gasteiger partial charge in [-0.2, -0.15) is 4.68 Å². The molecule has 1 aliphatic rings. The molecule has 1 saturated heterocycles. The van der Waals surface area contributed by atoms with Crippen molar-refractivity contribution in [1.82, 2.24) is 25.6 Å².